The number of anilines is 1. The van der Waals surface area contributed by atoms with Gasteiger partial charge in [-0.1, -0.05) is 18.2 Å². The van der Waals surface area contributed by atoms with Crippen LogP contribution in [0.4, 0.5) is 5.69 Å². The molecule has 8 nitrogen and oxygen atoms in total. The van der Waals surface area contributed by atoms with Crippen molar-refractivity contribution < 1.29 is 23.8 Å². The summed E-state index contributed by atoms with van der Waals surface area (Å²) in [6, 6.07) is 16.1. The van der Waals surface area contributed by atoms with Crippen LogP contribution >= 0.6 is 11.3 Å². The Kier molecular flexibility index (Phi) is 7.36. The number of thiophene rings is 1. The minimum absolute atomic E-state index is 0.366. The van der Waals surface area contributed by atoms with Crippen molar-refractivity contribution in [2.45, 2.75) is 12.5 Å². The van der Waals surface area contributed by atoms with Crippen LogP contribution in [-0.2, 0) is 9.53 Å². The minimum Gasteiger partial charge on any atom is -0.493 e. The standard InChI is InChI=1S/C26H27N3O5S/c1-28(2)19-8-5-7-18(13-19)26(31)34-16-25(30)29-21(15-20(27-29)24-9-6-12-35-24)17-10-11-22(32-3)23(14-17)33-4/h5-14,21H,15-16H2,1-4H3. The highest BCUT2D eigenvalue weighted by Crippen LogP contribution is 2.37. The molecule has 182 valence electrons. The normalized spacial score (nSPS) is 14.9. The summed E-state index contributed by atoms with van der Waals surface area (Å²) in [6.45, 7) is -0.421. The molecule has 9 heteroatoms. The molecule has 3 aromatic rings. The van der Waals surface area contributed by atoms with Gasteiger partial charge in [0, 0.05) is 26.2 Å². The Labute approximate surface area is 208 Å². The SMILES string of the molecule is COc1ccc(C2CC(c3cccs3)=NN2C(=O)COC(=O)c2cccc(N(C)C)c2)cc1OC. The van der Waals surface area contributed by atoms with E-state index in [-0.39, 0.29) is 6.04 Å². The molecule has 0 spiro atoms. The molecule has 1 aliphatic rings. The predicted molar refractivity (Wildman–Crippen MR) is 136 cm³/mol. The lowest BCUT2D eigenvalue weighted by molar-refractivity contribution is -0.136. The number of hydrogen-bond acceptors (Lipinski definition) is 8. The molecule has 0 bridgehead atoms. The Morgan fingerprint density at radius 2 is 1.86 bits per heavy atom. The first kappa shape index (κ1) is 24.3. The Bertz CT molecular complexity index is 1240. The van der Waals surface area contributed by atoms with Crippen LogP contribution in [0.3, 0.4) is 0 Å². The summed E-state index contributed by atoms with van der Waals surface area (Å²) in [5.41, 5.74) is 2.89. The maximum Gasteiger partial charge on any atom is 0.338 e. The van der Waals surface area contributed by atoms with Crippen LogP contribution in [0, 0.1) is 0 Å². The summed E-state index contributed by atoms with van der Waals surface area (Å²) in [5.74, 6) is 0.189. The number of amides is 1. The van der Waals surface area contributed by atoms with Gasteiger partial charge in [0.25, 0.3) is 5.91 Å². The van der Waals surface area contributed by atoms with Gasteiger partial charge >= 0.3 is 5.97 Å². The predicted octanol–water partition coefficient (Wildman–Crippen LogP) is 4.37. The Balaban J connectivity index is 1.55. The van der Waals surface area contributed by atoms with Gasteiger partial charge in [-0.15, -0.1) is 11.3 Å². The van der Waals surface area contributed by atoms with E-state index >= 15 is 0 Å². The number of hydrazone groups is 1. The number of nitrogens with zero attached hydrogens (tertiary/aromatic N) is 3. The summed E-state index contributed by atoms with van der Waals surface area (Å²) in [5, 5.41) is 7.99. The molecule has 0 saturated heterocycles. The fourth-order valence-corrected chi connectivity index (χ4v) is 4.56. The van der Waals surface area contributed by atoms with Gasteiger partial charge in [0.05, 0.1) is 36.4 Å². The molecule has 2 heterocycles. The Morgan fingerprint density at radius 3 is 2.54 bits per heavy atom. The number of esters is 1. The van der Waals surface area contributed by atoms with Gasteiger partial charge in [-0.3, -0.25) is 4.79 Å². The Morgan fingerprint density at radius 1 is 1.06 bits per heavy atom. The highest BCUT2D eigenvalue weighted by atomic mass is 32.1. The molecule has 1 unspecified atom stereocenters. The van der Waals surface area contributed by atoms with Gasteiger partial charge in [0.2, 0.25) is 0 Å². The minimum atomic E-state index is -0.564. The van der Waals surface area contributed by atoms with E-state index in [1.165, 1.54) is 5.01 Å². The van der Waals surface area contributed by atoms with E-state index in [9.17, 15) is 9.59 Å². The van der Waals surface area contributed by atoms with E-state index in [0.717, 1.165) is 21.8 Å². The van der Waals surface area contributed by atoms with Crippen LogP contribution in [0.1, 0.15) is 33.3 Å². The molecule has 35 heavy (non-hydrogen) atoms. The molecule has 0 radical (unpaired) electrons. The molecular formula is C26H27N3O5S. The van der Waals surface area contributed by atoms with E-state index in [1.54, 1.807) is 49.8 Å². The van der Waals surface area contributed by atoms with Crippen molar-refractivity contribution in [2.24, 2.45) is 5.10 Å². The lowest BCUT2D eigenvalue weighted by Crippen LogP contribution is -2.31. The van der Waals surface area contributed by atoms with Crippen molar-refractivity contribution in [3.05, 3.63) is 76.0 Å². The number of benzene rings is 2. The number of methoxy groups -OCH3 is 2. The molecule has 4 rings (SSSR count). The summed E-state index contributed by atoms with van der Waals surface area (Å²) in [4.78, 5) is 28.7. The van der Waals surface area contributed by atoms with Gasteiger partial charge in [-0.05, 0) is 47.3 Å². The lowest BCUT2D eigenvalue weighted by Gasteiger charge is -2.23. The van der Waals surface area contributed by atoms with Crippen LogP contribution in [0.25, 0.3) is 0 Å². The third kappa shape index (κ3) is 5.30. The lowest BCUT2D eigenvalue weighted by atomic mass is 10.0. The quantitative estimate of drug-likeness (QED) is 0.434. The van der Waals surface area contributed by atoms with Crippen molar-refractivity contribution in [1.82, 2.24) is 5.01 Å². The van der Waals surface area contributed by atoms with Gasteiger partial charge in [-0.25, -0.2) is 9.80 Å². The molecular weight excluding hydrogens is 466 g/mol. The largest absolute Gasteiger partial charge is 0.493 e. The molecule has 0 saturated carbocycles. The zero-order valence-electron chi connectivity index (χ0n) is 20.1. The molecule has 0 aliphatic carbocycles. The third-order valence-electron chi connectivity index (χ3n) is 5.69. The summed E-state index contributed by atoms with van der Waals surface area (Å²) in [6.07, 6.45) is 0.528. The van der Waals surface area contributed by atoms with Gasteiger partial charge in [0.1, 0.15) is 0 Å². The molecule has 0 fully saturated rings. The second kappa shape index (κ2) is 10.6. The Hall–Kier alpha value is -3.85. The van der Waals surface area contributed by atoms with Gasteiger partial charge in [-0.2, -0.15) is 5.10 Å². The fourth-order valence-electron chi connectivity index (χ4n) is 3.84. The first-order valence-corrected chi connectivity index (χ1v) is 11.9. The van der Waals surface area contributed by atoms with Crippen LogP contribution < -0.4 is 14.4 Å². The van der Waals surface area contributed by atoms with Crippen molar-refractivity contribution in [3.8, 4) is 11.5 Å². The second-order valence-corrected chi connectivity index (χ2v) is 9.07. The average Bonchev–Trinajstić information content (AvgIpc) is 3.57. The zero-order valence-corrected chi connectivity index (χ0v) is 20.9. The second-order valence-electron chi connectivity index (χ2n) is 8.12. The van der Waals surface area contributed by atoms with Crippen LogP contribution in [0.5, 0.6) is 11.5 Å². The van der Waals surface area contributed by atoms with E-state index < -0.39 is 18.5 Å². The summed E-state index contributed by atoms with van der Waals surface area (Å²) in [7, 11) is 6.92. The monoisotopic (exact) mass is 493 g/mol. The van der Waals surface area contributed by atoms with Gasteiger partial charge in [0.15, 0.2) is 18.1 Å². The molecule has 2 aromatic carbocycles. The third-order valence-corrected chi connectivity index (χ3v) is 6.61. The number of ether oxygens (including phenoxy) is 3. The fraction of sp³-hybridized carbons (Fsp3) is 0.269. The molecule has 1 aliphatic heterocycles. The maximum atomic E-state index is 13.2. The molecule has 1 amide bonds. The topological polar surface area (TPSA) is 80.7 Å². The van der Waals surface area contributed by atoms with E-state index in [4.69, 9.17) is 14.2 Å². The average molecular weight is 494 g/mol. The van der Waals surface area contributed by atoms with Crippen LogP contribution in [0.15, 0.2) is 65.1 Å². The molecule has 0 N–H and O–H groups in total. The van der Waals surface area contributed by atoms with Crippen molar-refractivity contribution in [1.29, 1.82) is 0 Å². The van der Waals surface area contributed by atoms with Crippen molar-refractivity contribution >= 4 is 34.6 Å². The highest BCUT2D eigenvalue weighted by Gasteiger charge is 2.34. The summed E-state index contributed by atoms with van der Waals surface area (Å²) >= 11 is 1.56. The van der Waals surface area contributed by atoms with E-state index in [1.807, 2.05) is 54.7 Å². The molecule has 1 atom stereocenters. The zero-order chi connectivity index (χ0) is 24.9. The van der Waals surface area contributed by atoms with E-state index in [0.29, 0.717) is 23.5 Å². The number of hydrogen-bond donors (Lipinski definition) is 0. The van der Waals surface area contributed by atoms with Crippen LogP contribution in [0.2, 0.25) is 0 Å². The number of rotatable bonds is 8. The first-order chi connectivity index (χ1) is 16.9. The number of carbonyl (C=O) groups excluding carboxylic acids is 2. The first-order valence-electron chi connectivity index (χ1n) is 11.0. The molecule has 1 aromatic heterocycles. The van der Waals surface area contributed by atoms with Crippen LogP contribution in [-0.4, -0.2) is 57.5 Å². The summed E-state index contributed by atoms with van der Waals surface area (Å²) < 4.78 is 16.2. The van der Waals surface area contributed by atoms with Crippen molar-refractivity contribution in [2.75, 3.05) is 39.8 Å². The maximum absolute atomic E-state index is 13.2. The van der Waals surface area contributed by atoms with Gasteiger partial charge < -0.3 is 19.1 Å². The highest BCUT2D eigenvalue weighted by molar-refractivity contribution is 7.12. The van der Waals surface area contributed by atoms with Crippen molar-refractivity contribution in [3.63, 3.8) is 0 Å². The van der Waals surface area contributed by atoms with E-state index in [2.05, 4.69) is 5.10 Å². The number of carbonyl (C=O) groups is 2. The smallest absolute Gasteiger partial charge is 0.338 e.